The summed E-state index contributed by atoms with van der Waals surface area (Å²) < 4.78 is 5.32. The summed E-state index contributed by atoms with van der Waals surface area (Å²) in [6.45, 7) is 4.49. The minimum atomic E-state index is -0.592. The van der Waals surface area contributed by atoms with Crippen molar-refractivity contribution in [3.63, 3.8) is 0 Å². The fourth-order valence-corrected chi connectivity index (χ4v) is 2.12. The van der Waals surface area contributed by atoms with Crippen molar-refractivity contribution < 1.29 is 9.53 Å². The first kappa shape index (κ1) is 15.7. The van der Waals surface area contributed by atoms with Gasteiger partial charge in [0, 0.05) is 13.7 Å². The van der Waals surface area contributed by atoms with Crippen LogP contribution >= 0.6 is 0 Å². The highest BCUT2D eigenvalue weighted by Gasteiger charge is 2.30. The van der Waals surface area contributed by atoms with Gasteiger partial charge in [0.2, 0.25) is 0 Å². The summed E-state index contributed by atoms with van der Waals surface area (Å²) in [5.41, 5.74) is 6.31. The largest absolute Gasteiger partial charge is 0.367 e. The van der Waals surface area contributed by atoms with E-state index < -0.39 is 6.10 Å². The van der Waals surface area contributed by atoms with Crippen LogP contribution in [-0.4, -0.2) is 25.1 Å². The molecule has 106 valence electrons. The second-order valence-corrected chi connectivity index (χ2v) is 4.71. The first-order chi connectivity index (χ1) is 9.12. The molecule has 4 heteroatoms. The molecule has 0 aliphatic heterocycles. The number of amides is 1. The molecule has 0 fully saturated rings. The number of ether oxygens (including phenoxy) is 1. The monoisotopic (exact) mass is 264 g/mol. The molecule has 0 saturated heterocycles. The molecule has 3 N–H and O–H groups in total. The molecule has 1 aromatic rings. The lowest BCUT2D eigenvalue weighted by atomic mass is 9.92. The minimum Gasteiger partial charge on any atom is -0.367 e. The van der Waals surface area contributed by atoms with E-state index in [0.29, 0.717) is 6.54 Å². The molecular weight excluding hydrogens is 240 g/mol. The second kappa shape index (κ2) is 7.26. The van der Waals surface area contributed by atoms with Crippen molar-refractivity contribution in [3.05, 3.63) is 35.9 Å². The molecule has 0 aliphatic carbocycles. The molecule has 0 saturated carbocycles. The van der Waals surface area contributed by atoms with E-state index in [2.05, 4.69) is 5.32 Å². The first-order valence-corrected chi connectivity index (χ1v) is 6.72. The van der Waals surface area contributed by atoms with Gasteiger partial charge in [-0.3, -0.25) is 4.79 Å². The smallest absolute Gasteiger partial charge is 0.254 e. The molecule has 0 spiro atoms. The molecule has 1 aromatic carbocycles. The summed E-state index contributed by atoms with van der Waals surface area (Å²) in [6, 6.07) is 9.47. The Labute approximate surface area is 115 Å². The van der Waals surface area contributed by atoms with E-state index in [1.807, 2.05) is 44.2 Å². The van der Waals surface area contributed by atoms with Crippen molar-refractivity contribution >= 4 is 5.91 Å². The number of hydrogen-bond acceptors (Lipinski definition) is 3. The number of nitrogens with one attached hydrogen (secondary N) is 1. The van der Waals surface area contributed by atoms with E-state index in [1.54, 1.807) is 7.11 Å². The highest BCUT2D eigenvalue weighted by atomic mass is 16.5. The van der Waals surface area contributed by atoms with Crippen LogP contribution in [0.25, 0.3) is 0 Å². The summed E-state index contributed by atoms with van der Waals surface area (Å²) >= 11 is 0. The number of hydrogen-bond donors (Lipinski definition) is 2. The van der Waals surface area contributed by atoms with Gasteiger partial charge in [-0.2, -0.15) is 0 Å². The van der Waals surface area contributed by atoms with Crippen molar-refractivity contribution in [1.29, 1.82) is 0 Å². The van der Waals surface area contributed by atoms with Crippen LogP contribution in [0.2, 0.25) is 0 Å². The Morgan fingerprint density at radius 3 is 2.32 bits per heavy atom. The molecular formula is C15H24N2O2. The van der Waals surface area contributed by atoms with Crippen molar-refractivity contribution in [1.82, 2.24) is 5.32 Å². The van der Waals surface area contributed by atoms with Crippen LogP contribution in [0.3, 0.4) is 0 Å². The third-order valence-corrected chi connectivity index (χ3v) is 3.71. The summed E-state index contributed by atoms with van der Waals surface area (Å²) in [4.78, 5) is 12.4. The van der Waals surface area contributed by atoms with E-state index in [9.17, 15) is 4.79 Å². The molecule has 1 atom stereocenters. The van der Waals surface area contributed by atoms with Crippen LogP contribution in [0.1, 0.15) is 38.4 Å². The zero-order chi connectivity index (χ0) is 14.3. The van der Waals surface area contributed by atoms with Crippen LogP contribution in [0, 0.1) is 0 Å². The Hall–Kier alpha value is -1.39. The van der Waals surface area contributed by atoms with E-state index >= 15 is 0 Å². The fraction of sp³-hybridized carbons (Fsp3) is 0.533. The zero-order valence-electron chi connectivity index (χ0n) is 12.0. The number of benzene rings is 1. The van der Waals surface area contributed by atoms with Gasteiger partial charge in [-0.15, -0.1) is 0 Å². The summed E-state index contributed by atoms with van der Waals surface area (Å²) in [5, 5.41) is 3.04. The summed E-state index contributed by atoms with van der Waals surface area (Å²) in [5.74, 6) is -0.136. The molecule has 0 aromatic heterocycles. The van der Waals surface area contributed by atoms with Gasteiger partial charge in [0.1, 0.15) is 0 Å². The fourth-order valence-electron chi connectivity index (χ4n) is 2.12. The second-order valence-electron chi connectivity index (χ2n) is 4.71. The Balaban J connectivity index is 2.86. The number of nitrogens with two attached hydrogens (primary N) is 1. The van der Waals surface area contributed by atoms with Gasteiger partial charge < -0.3 is 15.8 Å². The molecule has 1 rings (SSSR count). The minimum absolute atomic E-state index is 0.136. The van der Waals surface area contributed by atoms with Crippen LogP contribution in [0.5, 0.6) is 0 Å². The van der Waals surface area contributed by atoms with Crippen molar-refractivity contribution in [3.8, 4) is 0 Å². The van der Waals surface area contributed by atoms with Crippen molar-refractivity contribution in [2.24, 2.45) is 5.73 Å². The Morgan fingerprint density at radius 2 is 1.89 bits per heavy atom. The molecule has 4 nitrogen and oxygen atoms in total. The molecule has 19 heavy (non-hydrogen) atoms. The highest BCUT2D eigenvalue weighted by molar-refractivity contribution is 5.83. The molecule has 1 amide bonds. The zero-order valence-corrected chi connectivity index (χ0v) is 12.0. The Bertz CT molecular complexity index is 380. The average molecular weight is 264 g/mol. The maximum absolute atomic E-state index is 12.4. The SMILES string of the molecule is CCC(CC)(CN)NC(=O)C(OC)c1ccccc1. The quantitative estimate of drug-likeness (QED) is 0.791. The van der Waals surface area contributed by atoms with E-state index in [0.717, 1.165) is 18.4 Å². The van der Waals surface area contributed by atoms with Crippen LogP contribution in [0.15, 0.2) is 30.3 Å². The van der Waals surface area contributed by atoms with Crippen molar-refractivity contribution in [2.75, 3.05) is 13.7 Å². The van der Waals surface area contributed by atoms with Crippen LogP contribution in [-0.2, 0) is 9.53 Å². The van der Waals surface area contributed by atoms with Gasteiger partial charge in [0.05, 0.1) is 5.54 Å². The first-order valence-electron chi connectivity index (χ1n) is 6.72. The van der Waals surface area contributed by atoms with Crippen LogP contribution < -0.4 is 11.1 Å². The molecule has 0 bridgehead atoms. The molecule has 0 heterocycles. The van der Waals surface area contributed by atoms with Gasteiger partial charge in [-0.25, -0.2) is 0 Å². The number of carbonyl (C=O) groups excluding carboxylic acids is 1. The number of rotatable bonds is 7. The third kappa shape index (κ3) is 3.78. The molecule has 1 unspecified atom stereocenters. The lowest BCUT2D eigenvalue weighted by Crippen LogP contribution is -2.54. The van der Waals surface area contributed by atoms with Crippen LogP contribution in [0.4, 0.5) is 0 Å². The number of carbonyl (C=O) groups is 1. The summed E-state index contributed by atoms with van der Waals surface area (Å²) in [6.07, 6.45) is 1.01. The molecule has 0 aliphatic rings. The lowest BCUT2D eigenvalue weighted by molar-refractivity contribution is -0.133. The van der Waals surface area contributed by atoms with E-state index in [1.165, 1.54) is 0 Å². The van der Waals surface area contributed by atoms with Gasteiger partial charge in [-0.1, -0.05) is 44.2 Å². The van der Waals surface area contributed by atoms with Gasteiger partial charge in [0.15, 0.2) is 6.10 Å². The predicted octanol–water partition coefficient (Wildman–Crippen LogP) is 2.01. The summed E-state index contributed by atoms with van der Waals surface area (Å²) in [7, 11) is 1.54. The lowest BCUT2D eigenvalue weighted by Gasteiger charge is -2.33. The number of methoxy groups -OCH3 is 1. The normalized spacial score (nSPS) is 13.1. The van der Waals surface area contributed by atoms with Gasteiger partial charge in [0.25, 0.3) is 5.91 Å². The Kier molecular flexibility index (Phi) is 5.99. The van der Waals surface area contributed by atoms with Crippen molar-refractivity contribution in [2.45, 2.75) is 38.3 Å². The maximum atomic E-state index is 12.4. The third-order valence-electron chi connectivity index (χ3n) is 3.71. The highest BCUT2D eigenvalue weighted by Crippen LogP contribution is 2.20. The average Bonchev–Trinajstić information content (AvgIpc) is 2.47. The van der Waals surface area contributed by atoms with Gasteiger partial charge in [-0.05, 0) is 18.4 Å². The standard InChI is InChI=1S/C15H24N2O2/c1-4-15(5-2,11-16)17-14(18)13(19-3)12-9-7-6-8-10-12/h6-10,13H,4-5,11,16H2,1-3H3,(H,17,18). The predicted molar refractivity (Wildman–Crippen MR) is 76.7 cm³/mol. The van der Waals surface area contributed by atoms with Gasteiger partial charge >= 0.3 is 0 Å². The van der Waals surface area contributed by atoms with E-state index in [-0.39, 0.29) is 11.4 Å². The van der Waals surface area contributed by atoms with E-state index in [4.69, 9.17) is 10.5 Å². The topological polar surface area (TPSA) is 64.3 Å². The maximum Gasteiger partial charge on any atom is 0.254 e. The Morgan fingerprint density at radius 1 is 1.32 bits per heavy atom. The molecule has 0 radical (unpaired) electrons.